The molecule has 1 aliphatic carbocycles. The van der Waals surface area contributed by atoms with Gasteiger partial charge in [0.05, 0.1) is 6.61 Å². The topological polar surface area (TPSA) is 67.3 Å². The molecular formula is C21H27ClN4O2S. The number of amides is 1. The number of hydrogen-bond acceptors (Lipinski definition) is 6. The van der Waals surface area contributed by atoms with Crippen molar-refractivity contribution in [2.24, 2.45) is 0 Å². The summed E-state index contributed by atoms with van der Waals surface area (Å²) in [5.41, 5.74) is 4.03. The number of carbonyl (C=O) groups excluding carboxylic acids is 1. The average molecular weight is 435 g/mol. The first-order valence-electron chi connectivity index (χ1n) is 9.98. The first kappa shape index (κ1) is 21.9. The van der Waals surface area contributed by atoms with Gasteiger partial charge in [-0.1, -0.05) is 54.8 Å². The van der Waals surface area contributed by atoms with E-state index in [0.29, 0.717) is 34.3 Å². The van der Waals surface area contributed by atoms with E-state index in [4.69, 9.17) is 21.4 Å². The molecule has 29 heavy (non-hydrogen) atoms. The number of rotatable bonds is 8. The van der Waals surface area contributed by atoms with Crippen LogP contribution in [0.1, 0.15) is 54.9 Å². The summed E-state index contributed by atoms with van der Waals surface area (Å²) in [7, 11) is 2.09. The van der Waals surface area contributed by atoms with Gasteiger partial charge in [-0.3, -0.25) is 9.63 Å². The van der Waals surface area contributed by atoms with Gasteiger partial charge in [-0.25, -0.2) is 15.4 Å². The van der Waals surface area contributed by atoms with E-state index in [1.54, 1.807) is 12.1 Å². The van der Waals surface area contributed by atoms with Crippen molar-refractivity contribution in [3.05, 3.63) is 46.6 Å². The van der Waals surface area contributed by atoms with E-state index in [0.717, 1.165) is 11.4 Å². The molecule has 1 aromatic heterocycles. The molecule has 0 radical (unpaired) electrons. The molecule has 1 aliphatic rings. The molecule has 1 saturated carbocycles. The number of aromatic nitrogens is 2. The number of nitrogens with one attached hydrogen (secondary N) is 1. The molecule has 1 heterocycles. The average Bonchev–Trinajstić information content (AvgIpc) is 2.76. The van der Waals surface area contributed by atoms with Gasteiger partial charge >= 0.3 is 0 Å². The predicted octanol–water partition coefficient (Wildman–Crippen LogP) is 4.87. The molecule has 3 rings (SSSR count). The smallest absolute Gasteiger partial charge is 0.274 e. The Morgan fingerprint density at radius 2 is 1.97 bits per heavy atom. The van der Waals surface area contributed by atoms with Gasteiger partial charge in [0.1, 0.15) is 11.0 Å². The fourth-order valence-electron chi connectivity index (χ4n) is 3.38. The number of halogens is 1. The second-order valence-corrected chi connectivity index (χ2v) is 8.41. The first-order chi connectivity index (χ1) is 14.1. The lowest BCUT2D eigenvalue weighted by Crippen LogP contribution is -2.34. The number of benzene rings is 1. The van der Waals surface area contributed by atoms with E-state index in [-0.39, 0.29) is 5.91 Å². The molecular weight excluding hydrogens is 408 g/mol. The SMILES string of the molecule is CCONC(=O)c1ccc(CSc2nc(Cl)cc(N(C)C3CCCCC3)n2)cc1. The summed E-state index contributed by atoms with van der Waals surface area (Å²) in [6.45, 7) is 2.24. The van der Waals surface area contributed by atoms with Gasteiger partial charge in [-0.15, -0.1) is 0 Å². The molecule has 2 aromatic rings. The summed E-state index contributed by atoms with van der Waals surface area (Å²) < 4.78 is 0. The van der Waals surface area contributed by atoms with Crippen LogP contribution in [0.3, 0.4) is 0 Å². The summed E-state index contributed by atoms with van der Waals surface area (Å²) in [5.74, 6) is 1.32. The van der Waals surface area contributed by atoms with Crippen molar-refractivity contribution in [1.29, 1.82) is 0 Å². The second-order valence-electron chi connectivity index (χ2n) is 7.08. The van der Waals surface area contributed by atoms with Gasteiger partial charge in [0.2, 0.25) is 0 Å². The Bertz CT molecular complexity index is 813. The van der Waals surface area contributed by atoms with E-state index in [2.05, 4.69) is 22.4 Å². The van der Waals surface area contributed by atoms with Gasteiger partial charge in [0.15, 0.2) is 5.16 Å². The van der Waals surface area contributed by atoms with Crippen LogP contribution < -0.4 is 10.4 Å². The summed E-state index contributed by atoms with van der Waals surface area (Å²) in [4.78, 5) is 28.1. The van der Waals surface area contributed by atoms with Crippen molar-refractivity contribution in [2.45, 2.75) is 56.0 Å². The highest BCUT2D eigenvalue weighted by Crippen LogP contribution is 2.28. The van der Waals surface area contributed by atoms with E-state index < -0.39 is 0 Å². The van der Waals surface area contributed by atoms with Gasteiger partial charge in [-0.2, -0.15) is 0 Å². The van der Waals surface area contributed by atoms with E-state index in [9.17, 15) is 4.79 Å². The molecule has 0 spiro atoms. The van der Waals surface area contributed by atoms with E-state index in [1.165, 1.54) is 43.9 Å². The molecule has 1 aromatic carbocycles. The standard InChI is InChI=1S/C21H27ClN4O2S/c1-3-28-25-20(27)16-11-9-15(10-12-16)14-29-21-23-18(22)13-19(24-21)26(2)17-7-5-4-6-8-17/h9-13,17H,3-8,14H2,1-2H3,(H,25,27). The third kappa shape index (κ3) is 6.32. The molecule has 0 bridgehead atoms. The molecule has 6 nitrogen and oxygen atoms in total. The van der Waals surface area contributed by atoms with Crippen LogP contribution in [0.2, 0.25) is 5.15 Å². The van der Waals surface area contributed by atoms with Gasteiger partial charge in [-0.05, 0) is 37.5 Å². The Morgan fingerprint density at radius 1 is 1.24 bits per heavy atom. The minimum absolute atomic E-state index is 0.250. The highest BCUT2D eigenvalue weighted by Gasteiger charge is 2.20. The molecule has 1 amide bonds. The van der Waals surface area contributed by atoms with Crippen molar-refractivity contribution in [1.82, 2.24) is 15.4 Å². The molecule has 0 saturated heterocycles. The third-order valence-corrected chi connectivity index (χ3v) is 6.15. The van der Waals surface area contributed by atoms with E-state index in [1.807, 2.05) is 25.1 Å². The number of carbonyl (C=O) groups is 1. The first-order valence-corrected chi connectivity index (χ1v) is 11.3. The van der Waals surface area contributed by atoms with Crippen LogP contribution in [0.25, 0.3) is 0 Å². The van der Waals surface area contributed by atoms with Gasteiger partial charge in [0.25, 0.3) is 5.91 Å². The fourth-order valence-corrected chi connectivity index (χ4v) is 4.42. The van der Waals surface area contributed by atoms with Crippen molar-refractivity contribution >= 4 is 35.1 Å². The number of hydrogen-bond donors (Lipinski definition) is 1. The quantitative estimate of drug-likeness (QED) is 0.276. The molecule has 156 valence electrons. The normalized spacial score (nSPS) is 14.6. The number of hydroxylamine groups is 1. The summed E-state index contributed by atoms with van der Waals surface area (Å²) in [6.07, 6.45) is 6.26. The Hall–Kier alpha value is -1.83. The van der Waals surface area contributed by atoms with Crippen molar-refractivity contribution in [3.8, 4) is 0 Å². The van der Waals surface area contributed by atoms with Crippen LogP contribution in [0.4, 0.5) is 5.82 Å². The van der Waals surface area contributed by atoms with Crippen LogP contribution in [0.5, 0.6) is 0 Å². The largest absolute Gasteiger partial charge is 0.357 e. The third-order valence-electron chi connectivity index (χ3n) is 5.04. The Morgan fingerprint density at radius 3 is 2.66 bits per heavy atom. The van der Waals surface area contributed by atoms with Gasteiger partial charge < -0.3 is 4.90 Å². The highest BCUT2D eigenvalue weighted by molar-refractivity contribution is 7.98. The van der Waals surface area contributed by atoms with Crippen LogP contribution in [0.15, 0.2) is 35.5 Å². The molecule has 1 N–H and O–H groups in total. The van der Waals surface area contributed by atoms with Crippen molar-refractivity contribution in [3.63, 3.8) is 0 Å². The molecule has 0 aliphatic heterocycles. The monoisotopic (exact) mass is 434 g/mol. The summed E-state index contributed by atoms with van der Waals surface area (Å²) in [6, 6.07) is 9.77. The Balaban J connectivity index is 1.61. The lowest BCUT2D eigenvalue weighted by atomic mass is 9.94. The molecule has 8 heteroatoms. The number of thioether (sulfide) groups is 1. The zero-order valence-electron chi connectivity index (χ0n) is 16.9. The highest BCUT2D eigenvalue weighted by atomic mass is 35.5. The Kier molecular flexibility index (Phi) is 8.15. The second kappa shape index (κ2) is 10.8. The lowest BCUT2D eigenvalue weighted by Gasteiger charge is -2.32. The van der Waals surface area contributed by atoms with Crippen molar-refractivity contribution < 1.29 is 9.63 Å². The van der Waals surface area contributed by atoms with Crippen LogP contribution >= 0.6 is 23.4 Å². The zero-order valence-corrected chi connectivity index (χ0v) is 18.4. The van der Waals surface area contributed by atoms with Crippen LogP contribution in [0, 0.1) is 0 Å². The maximum Gasteiger partial charge on any atom is 0.274 e. The summed E-state index contributed by atoms with van der Waals surface area (Å²) >= 11 is 7.80. The molecule has 0 unspecified atom stereocenters. The predicted molar refractivity (Wildman–Crippen MR) is 117 cm³/mol. The van der Waals surface area contributed by atoms with E-state index >= 15 is 0 Å². The zero-order chi connectivity index (χ0) is 20.6. The minimum atomic E-state index is -0.250. The number of nitrogens with zero attached hydrogens (tertiary/aromatic N) is 3. The Labute approximate surface area is 181 Å². The van der Waals surface area contributed by atoms with Crippen LogP contribution in [-0.4, -0.2) is 35.6 Å². The summed E-state index contributed by atoms with van der Waals surface area (Å²) in [5, 5.41) is 1.12. The van der Waals surface area contributed by atoms with Crippen molar-refractivity contribution in [2.75, 3.05) is 18.6 Å². The molecule has 0 atom stereocenters. The lowest BCUT2D eigenvalue weighted by molar-refractivity contribution is 0.0364. The maximum absolute atomic E-state index is 11.9. The number of anilines is 1. The fraction of sp³-hybridized carbons (Fsp3) is 0.476. The van der Waals surface area contributed by atoms with Gasteiger partial charge in [0, 0.05) is 30.5 Å². The molecule has 1 fully saturated rings. The maximum atomic E-state index is 11.9. The van der Waals surface area contributed by atoms with Crippen LogP contribution in [-0.2, 0) is 10.6 Å². The minimum Gasteiger partial charge on any atom is -0.357 e.